The van der Waals surface area contributed by atoms with Crippen LogP contribution in [0.3, 0.4) is 0 Å². The largest absolute Gasteiger partial charge is 0.393 e. The van der Waals surface area contributed by atoms with Crippen LogP contribution in [0.4, 0.5) is 10.2 Å². The van der Waals surface area contributed by atoms with Crippen molar-refractivity contribution < 1.29 is 14.6 Å². The zero-order chi connectivity index (χ0) is 21.5. The standard InChI is InChI=1S/C22H19ClFN3O2S/c1-22(29,11-28)13-5-6-26-18(8-13)15-4-2-3-12-7-14(30-20(12)15)9-16-17(23)10-27-21(25)19(16)24/h2-8,10,28-29H,9,11H2,1H3,(H2,25,27). The van der Waals surface area contributed by atoms with Crippen LogP contribution in [0.5, 0.6) is 0 Å². The molecule has 3 heterocycles. The molecule has 1 atom stereocenters. The van der Waals surface area contributed by atoms with Gasteiger partial charge in [0.1, 0.15) is 5.60 Å². The minimum absolute atomic E-state index is 0.173. The van der Waals surface area contributed by atoms with Crippen LogP contribution in [0.1, 0.15) is 22.9 Å². The molecule has 0 aliphatic carbocycles. The first-order valence-corrected chi connectivity index (χ1v) is 10.4. The molecule has 1 unspecified atom stereocenters. The van der Waals surface area contributed by atoms with Crippen LogP contribution >= 0.6 is 22.9 Å². The van der Waals surface area contributed by atoms with Gasteiger partial charge in [0, 0.05) is 39.5 Å². The summed E-state index contributed by atoms with van der Waals surface area (Å²) < 4.78 is 15.4. The van der Waals surface area contributed by atoms with Crippen LogP contribution in [-0.4, -0.2) is 26.8 Å². The van der Waals surface area contributed by atoms with Gasteiger partial charge in [-0.3, -0.25) is 4.98 Å². The van der Waals surface area contributed by atoms with Crippen molar-refractivity contribution in [2.75, 3.05) is 12.3 Å². The third kappa shape index (κ3) is 3.77. The molecule has 0 fully saturated rings. The molecule has 30 heavy (non-hydrogen) atoms. The molecule has 0 aliphatic heterocycles. The Morgan fingerprint density at radius 3 is 2.80 bits per heavy atom. The fourth-order valence-electron chi connectivity index (χ4n) is 3.27. The van der Waals surface area contributed by atoms with Crippen molar-refractivity contribution in [3.05, 3.63) is 75.6 Å². The first kappa shape index (κ1) is 20.7. The van der Waals surface area contributed by atoms with E-state index in [1.165, 1.54) is 17.5 Å². The highest BCUT2D eigenvalue weighted by atomic mass is 35.5. The van der Waals surface area contributed by atoms with Gasteiger partial charge in [0.15, 0.2) is 11.6 Å². The maximum atomic E-state index is 14.4. The third-order valence-electron chi connectivity index (χ3n) is 5.01. The van der Waals surface area contributed by atoms with Gasteiger partial charge in [-0.25, -0.2) is 9.37 Å². The van der Waals surface area contributed by atoms with E-state index >= 15 is 0 Å². The Hall–Kier alpha value is -2.58. The summed E-state index contributed by atoms with van der Waals surface area (Å²) in [4.78, 5) is 9.11. The second-order valence-corrected chi connectivity index (χ2v) is 8.80. The lowest BCUT2D eigenvalue weighted by atomic mass is 9.96. The van der Waals surface area contributed by atoms with E-state index in [1.807, 2.05) is 24.3 Å². The molecule has 0 bridgehead atoms. The van der Waals surface area contributed by atoms with Crippen molar-refractivity contribution in [2.45, 2.75) is 18.9 Å². The normalized spacial score (nSPS) is 13.5. The Kier molecular flexibility index (Phi) is 5.46. The number of aliphatic hydroxyl groups is 2. The first-order valence-electron chi connectivity index (χ1n) is 9.20. The number of aliphatic hydroxyl groups excluding tert-OH is 1. The molecule has 0 radical (unpaired) electrons. The summed E-state index contributed by atoms with van der Waals surface area (Å²) >= 11 is 7.66. The number of nitrogen functional groups attached to an aromatic ring is 1. The van der Waals surface area contributed by atoms with Crippen molar-refractivity contribution in [2.24, 2.45) is 0 Å². The highest BCUT2D eigenvalue weighted by Crippen LogP contribution is 2.37. The number of thiophene rings is 1. The highest BCUT2D eigenvalue weighted by molar-refractivity contribution is 7.19. The van der Waals surface area contributed by atoms with E-state index in [0.29, 0.717) is 23.2 Å². The number of nitrogens with two attached hydrogens (primary N) is 1. The summed E-state index contributed by atoms with van der Waals surface area (Å²) in [7, 11) is 0. The summed E-state index contributed by atoms with van der Waals surface area (Å²) in [6.45, 7) is 1.15. The summed E-state index contributed by atoms with van der Waals surface area (Å²) in [5.41, 5.74) is 6.69. The molecule has 4 N–H and O–H groups in total. The van der Waals surface area contributed by atoms with Crippen LogP contribution < -0.4 is 5.73 Å². The maximum Gasteiger partial charge on any atom is 0.170 e. The Labute approximate surface area is 181 Å². The van der Waals surface area contributed by atoms with Gasteiger partial charge in [0.25, 0.3) is 0 Å². The van der Waals surface area contributed by atoms with Crippen LogP contribution in [0.25, 0.3) is 21.3 Å². The van der Waals surface area contributed by atoms with Crippen molar-refractivity contribution >= 4 is 38.8 Å². The van der Waals surface area contributed by atoms with Crippen LogP contribution in [-0.2, 0) is 12.0 Å². The number of halogens is 2. The maximum absolute atomic E-state index is 14.4. The number of rotatable bonds is 5. The van der Waals surface area contributed by atoms with Crippen molar-refractivity contribution in [1.29, 1.82) is 0 Å². The van der Waals surface area contributed by atoms with Gasteiger partial charge >= 0.3 is 0 Å². The van der Waals surface area contributed by atoms with E-state index in [2.05, 4.69) is 9.97 Å². The van der Waals surface area contributed by atoms with Crippen LogP contribution in [0.15, 0.2) is 48.8 Å². The summed E-state index contributed by atoms with van der Waals surface area (Å²) in [6.07, 6.45) is 3.26. The van der Waals surface area contributed by atoms with Gasteiger partial charge in [-0.2, -0.15) is 0 Å². The number of pyridine rings is 2. The Bertz CT molecular complexity index is 1240. The van der Waals surface area contributed by atoms with E-state index in [0.717, 1.165) is 20.5 Å². The molecule has 4 rings (SSSR count). The Balaban J connectivity index is 1.78. The van der Waals surface area contributed by atoms with E-state index in [1.54, 1.807) is 25.3 Å². The van der Waals surface area contributed by atoms with Gasteiger partial charge in [0.2, 0.25) is 0 Å². The fourth-order valence-corrected chi connectivity index (χ4v) is 4.66. The number of hydrogen-bond acceptors (Lipinski definition) is 6. The fraction of sp³-hybridized carbons (Fsp3) is 0.182. The molecule has 1 aromatic carbocycles. The van der Waals surface area contributed by atoms with Crippen molar-refractivity contribution in [1.82, 2.24) is 9.97 Å². The molecule has 3 aromatic heterocycles. The Morgan fingerprint density at radius 2 is 2.03 bits per heavy atom. The van der Waals surface area contributed by atoms with Gasteiger partial charge in [0.05, 0.1) is 17.3 Å². The van der Waals surface area contributed by atoms with E-state index in [-0.39, 0.29) is 10.8 Å². The predicted molar refractivity (Wildman–Crippen MR) is 118 cm³/mol. The zero-order valence-electron chi connectivity index (χ0n) is 16.1. The smallest absolute Gasteiger partial charge is 0.170 e. The molecule has 8 heteroatoms. The second kappa shape index (κ2) is 7.92. The van der Waals surface area contributed by atoms with Crippen molar-refractivity contribution in [3.8, 4) is 11.3 Å². The number of anilines is 1. The molecule has 0 spiro atoms. The quantitative estimate of drug-likeness (QED) is 0.421. The lowest BCUT2D eigenvalue weighted by Crippen LogP contribution is -2.25. The topological polar surface area (TPSA) is 92.3 Å². The molecule has 0 aliphatic rings. The van der Waals surface area contributed by atoms with Crippen molar-refractivity contribution in [3.63, 3.8) is 0 Å². The van der Waals surface area contributed by atoms with Gasteiger partial charge < -0.3 is 15.9 Å². The number of benzene rings is 1. The number of hydrogen-bond donors (Lipinski definition) is 3. The van der Waals surface area contributed by atoms with E-state index in [4.69, 9.17) is 17.3 Å². The second-order valence-electron chi connectivity index (χ2n) is 7.26. The number of aromatic nitrogens is 2. The molecule has 0 amide bonds. The predicted octanol–water partition coefficient (Wildman–Crippen LogP) is 4.52. The molecule has 5 nitrogen and oxygen atoms in total. The lowest BCUT2D eigenvalue weighted by molar-refractivity contribution is -0.00230. The minimum Gasteiger partial charge on any atom is -0.393 e. The third-order valence-corrected chi connectivity index (χ3v) is 6.52. The first-order chi connectivity index (χ1) is 14.3. The molecule has 4 aromatic rings. The van der Waals surface area contributed by atoms with Gasteiger partial charge in [-0.05, 0) is 36.1 Å². The Morgan fingerprint density at radius 1 is 1.23 bits per heavy atom. The van der Waals surface area contributed by atoms with Gasteiger partial charge in [-0.15, -0.1) is 11.3 Å². The summed E-state index contributed by atoms with van der Waals surface area (Å²) in [5, 5.41) is 21.1. The van der Waals surface area contributed by atoms with E-state index in [9.17, 15) is 14.6 Å². The molecule has 0 saturated carbocycles. The summed E-state index contributed by atoms with van der Waals surface area (Å²) in [5.74, 6) is -0.770. The number of nitrogens with zero attached hydrogens (tertiary/aromatic N) is 2. The van der Waals surface area contributed by atoms with Crippen LogP contribution in [0.2, 0.25) is 5.02 Å². The van der Waals surface area contributed by atoms with Crippen LogP contribution in [0, 0.1) is 5.82 Å². The average Bonchev–Trinajstić information content (AvgIpc) is 3.17. The average molecular weight is 444 g/mol. The SMILES string of the molecule is CC(O)(CO)c1ccnc(-c2cccc3cc(Cc4c(Cl)cnc(N)c4F)sc23)c1. The molecular weight excluding hydrogens is 425 g/mol. The molecular formula is C22H19ClFN3O2S. The monoisotopic (exact) mass is 443 g/mol. The zero-order valence-corrected chi connectivity index (χ0v) is 17.6. The number of fused-ring (bicyclic) bond motifs is 1. The van der Waals surface area contributed by atoms with E-state index < -0.39 is 18.0 Å². The molecule has 0 saturated heterocycles. The molecule has 154 valence electrons. The minimum atomic E-state index is -1.36. The summed E-state index contributed by atoms with van der Waals surface area (Å²) in [6, 6.07) is 11.3. The lowest BCUT2D eigenvalue weighted by Gasteiger charge is -2.21. The highest BCUT2D eigenvalue weighted by Gasteiger charge is 2.23. The van der Waals surface area contributed by atoms with Gasteiger partial charge in [-0.1, -0.05) is 29.8 Å².